The van der Waals surface area contributed by atoms with Gasteiger partial charge in [0.25, 0.3) is 0 Å². The lowest BCUT2D eigenvalue weighted by atomic mass is 10.1. The lowest BCUT2D eigenvalue weighted by Crippen LogP contribution is -2.36. The lowest BCUT2D eigenvalue weighted by Gasteiger charge is -2.31. The third-order valence-electron chi connectivity index (χ3n) is 3.21. The van der Waals surface area contributed by atoms with Crippen molar-refractivity contribution in [2.45, 2.75) is 25.5 Å². The van der Waals surface area contributed by atoms with Crippen molar-refractivity contribution in [3.63, 3.8) is 0 Å². The van der Waals surface area contributed by atoms with Crippen LogP contribution in [0.15, 0.2) is 30.3 Å². The smallest absolute Gasteiger partial charge is 0.219 e. The Morgan fingerprint density at radius 3 is 2.61 bits per heavy atom. The van der Waals surface area contributed by atoms with Crippen molar-refractivity contribution in [2.75, 3.05) is 19.3 Å². The predicted octanol–water partition coefficient (Wildman–Crippen LogP) is 3.32. The molecule has 18 heavy (non-hydrogen) atoms. The van der Waals surface area contributed by atoms with Crippen molar-refractivity contribution in [1.29, 1.82) is 0 Å². The molecule has 0 unspecified atom stereocenters. The number of thiocarbonyl (C=S) groups is 1. The molecule has 4 heteroatoms. The van der Waals surface area contributed by atoms with E-state index in [-0.39, 0.29) is 0 Å². The molecule has 1 aromatic rings. The van der Waals surface area contributed by atoms with Crippen LogP contribution in [0.5, 0.6) is 0 Å². The van der Waals surface area contributed by atoms with E-state index in [0.717, 1.165) is 32.5 Å². The van der Waals surface area contributed by atoms with Crippen LogP contribution in [0.25, 0.3) is 0 Å². The molecule has 2 nitrogen and oxygen atoms in total. The SMILES string of the molecule is CSC(=S)OC1CCN(Cc2ccccc2)CC1. The van der Waals surface area contributed by atoms with Crippen molar-refractivity contribution in [3.05, 3.63) is 35.9 Å². The summed E-state index contributed by atoms with van der Waals surface area (Å²) in [6.45, 7) is 3.23. The van der Waals surface area contributed by atoms with Gasteiger partial charge in [0.2, 0.25) is 4.38 Å². The van der Waals surface area contributed by atoms with Crippen LogP contribution in [-0.2, 0) is 11.3 Å². The Labute approximate surface area is 119 Å². The highest BCUT2D eigenvalue weighted by Gasteiger charge is 2.20. The molecule has 0 amide bonds. The Bertz CT molecular complexity index is 375. The molecule has 1 aromatic carbocycles. The second-order valence-corrected chi connectivity index (χ2v) is 5.94. The maximum absolute atomic E-state index is 5.71. The van der Waals surface area contributed by atoms with Crippen LogP contribution in [0, 0.1) is 0 Å². The van der Waals surface area contributed by atoms with Gasteiger partial charge in [0.1, 0.15) is 6.10 Å². The molecule has 1 fully saturated rings. The normalized spacial score (nSPS) is 17.6. The average molecular weight is 281 g/mol. The Kier molecular flexibility index (Phi) is 5.47. The summed E-state index contributed by atoms with van der Waals surface area (Å²) in [7, 11) is 0. The molecule has 1 heterocycles. The molecule has 0 saturated carbocycles. The average Bonchev–Trinajstić information content (AvgIpc) is 2.42. The largest absolute Gasteiger partial charge is 0.475 e. The minimum Gasteiger partial charge on any atom is -0.475 e. The number of nitrogens with zero attached hydrogens (tertiary/aromatic N) is 1. The van der Waals surface area contributed by atoms with E-state index < -0.39 is 0 Å². The molecular formula is C14H19NOS2. The number of thioether (sulfide) groups is 1. The number of rotatable bonds is 3. The Hall–Kier alpha value is -0.580. The second-order valence-electron chi connectivity index (χ2n) is 4.53. The van der Waals surface area contributed by atoms with E-state index in [1.807, 2.05) is 6.26 Å². The molecular weight excluding hydrogens is 262 g/mol. The Balaban J connectivity index is 1.75. The molecule has 0 radical (unpaired) electrons. The second kappa shape index (κ2) is 7.12. The van der Waals surface area contributed by atoms with Gasteiger partial charge in [-0.05, 0) is 36.9 Å². The number of hydrogen-bond donors (Lipinski definition) is 0. The fourth-order valence-electron chi connectivity index (χ4n) is 2.21. The van der Waals surface area contributed by atoms with Crippen LogP contribution in [-0.4, -0.2) is 34.7 Å². The minimum absolute atomic E-state index is 0.317. The molecule has 1 aliphatic heterocycles. The first kappa shape index (κ1) is 13.8. The van der Waals surface area contributed by atoms with Gasteiger partial charge in [-0.25, -0.2) is 0 Å². The van der Waals surface area contributed by atoms with Gasteiger partial charge in [0, 0.05) is 19.6 Å². The van der Waals surface area contributed by atoms with Crippen LogP contribution in [0.2, 0.25) is 0 Å². The molecule has 1 saturated heterocycles. The minimum atomic E-state index is 0.317. The third-order valence-corrected chi connectivity index (χ3v) is 4.24. The fraction of sp³-hybridized carbons (Fsp3) is 0.500. The zero-order valence-corrected chi connectivity index (χ0v) is 12.3. The summed E-state index contributed by atoms with van der Waals surface area (Å²) in [5.41, 5.74) is 1.39. The number of hydrogen-bond acceptors (Lipinski definition) is 4. The van der Waals surface area contributed by atoms with E-state index in [2.05, 4.69) is 35.2 Å². The van der Waals surface area contributed by atoms with Crippen molar-refractivity contribution in [1.82, 2.24) is 4.90 Å². The zero-order valence-electron chi connectivity index (χ0n) is 10.7. The quantitative estimate of drug-likeness (QED) is 0.788. The Morgan fingerprint density at radius 1 is 1.33 bits per heavy atom. The van der Waals surface area contributed by atoms with Gasteiger partial charge in [-0.3, -0.25) is 4.90 Å². The van der Waals surface area contributed by atoms with Crippen molar-refractivity contribution in [3.8, 4) is 0 Å². The molecule has 98 valence electrons. The monoisotopic (exact) mass is 281 g/mol. The molecule has 0 aliphatic carbocycles. The van der Waals surface area contributed by atoms with Crippen LogP contribution in [0.1, 0.15) is 18.4 Å². The van der Waals surface area contributed by atoms with E-state index in [4.69, 9.17) is 17.0 Å². The van der Waals surface area contributed by atoms with Gasteiger partial charge in [-0.2, -0.15) is 0 Å². The van der Waals surface area contributed by atoms with Crippen molar-refractivity contribution >= 4 is 28.4 Å². The van der Waals surface area contributed by atoms with E-state index in [9.17, 15) is 0 Å². The highest BCUT2D eigenvalue weighted by molar-refractivity contribution is 8.22. The van der Waals surface area contributed by atoms with Crippen LogP contribution < -0.4 is 0 Å². The van der Waals surface area contributed by atoms with Gasteiger partial charge in [-0.15, -0.1) is 0 Å². The van der Waals surface area contributed by atoms with Gasteiger partial charge in [0.15, 0.2) is 0 Å². The zero-order chi connectivity index (χ0) is 12.8. The molecule has 0 N–H and O–H groups in total. The summed E-state index contributed by atoms with van der Waals surface area (Å²) in [5, 5.41) is 0. The third kappa shape index (κ3) is 4.26. The van der Waals surface area contributed by atoms with Crippen LogP contribution in [0.3, 0.4) is 0 Å². The first-order valence-electron chi connectivity index (χ1n) is 6.29. The van der Waals surface area contributed by atoms with E-state index in [1.165, 1.54) is 17.3 Å². The van der Waals surface area contributed by atoms with Crippen LogP contribution >= 0.6 is 24.0 Å². The summed E-state index contributed by atoms with van der Waals surface area (Å²) in [5.74, 6) is 0. The van der Waals surface area contributed by atoms with Gasteiger partial charge in [0.05, 0.1) is 0 Å². The molecule has 2 rings (SSSR count). The van der Waals surface area contributed by atoms with Gasteiger partial charge >= 0.3 is 0 Å². The number of benzene rings is 1. The number of ether oxygens (including phenoxy) is 1. The summed E-state index contributed by atoms with van der Waals surface area (Å²) in [6.07, 6.45) is 4.44. The van der Waals surface area contributed by atoms with Gasteiger partial charge < -0.3 is 4.74 Å². The topological polar surface area (TPSA) is 12.5 Å². The maximum Gasteiger partial charge on any atom is 0.219 e. The first-order valence-corrected chi connectivity index (χ1v) is 7.92. The molecule has 0 bridgehead atoms. The summed E-state index contributed by atoms with van der Waals surface area (Å²) in [6, 6.07) is 10.6. The van der Waals surface area contributed by atoms with E-state index in [0.29, 0.717) is 10.5 Å². The maximum atomic E-state index is 5.71. The first-order chi connectivity index (χ1) is 8.78. The standard InChI is InChI=1S/C14H19NOS2/c1-18-14(17)16-13-7-9-15(10-8-13)11-12-5-3-2-4-6-12/h2-6,13H,7-11H2,1H3. The summed E-state index contributed by atoms with van der Waals surface area (Å²) in [4.78, 5) is 2.48. The Morgan fingerprint density at radius 2 is 2.00 bits per heavy atom. The van der Waals surface area contributed by atoms with Crippen molar-refractivity contribution < 1.29 is 4.74 Å². The van der Waals surface area contributed by atoms with E-state index >= 15 is 0 Å². The van der Waals surface area contributed by atoms with Gasteiger partial charge in [-0.1, -0.05) is 42.1 Å². The van der Waals surface area contributed by atoms with Crippen molar-refractivity contribution in [2.24, 2.45) is 0 Å². The molecule has 0 atom stereocenters. The lowest BCUT2D eigenvalue weighted by molar-refractivity contribution is 0.0945. The van der Waals surface area contributed by atoms with Crippen LogP contribution in [0.4, 0.5) is 0 Å². The number of likely N-dealkylation sites (tertiary alicyclic amines) is 1. The summed E-state index contributed by atoms with van der Waals surface area (Å²) < 4.78 is 6.38. The predicted molar refractivity (Wildman–Crippen MR) is 81.9 cm³/mol. The number of piperidine rings is 1. The highest BCUT2D eigenvalue weighted by atomic mass is 32.2. The fourth-order valence-corrected chi connectivity index (χ4v) is 2.58. The molecule has 0 spiro atoms. The molecule has 1 aliphatic rings. The summed E-state index contributed by atoms with van der Waals surface area (Å²) >= 11 is 6.62. The van der Waals surface area contributed by atoms with E-state index in [1.54, 1.807) is 0 Å². The highest BCUT2D eigenvalue weighted by Crippen LogP contribution is 2.18. The molecule has 0 aromatic heterocycles.